The highest BCUT2D eigenvalue weighted by Gasteiger charge is 2.10. The number of hydrogen-bond acceptors (Lipinski definition) is 5. The minimum atomic E-state index is -0.304. The summed E-state index contributed by atoms with van der Waals surface area (Å²) in [6, 6.07) is 0. The molecule has 0 aliphatic heterocycles. The van der Waals surface area contributed by atoms with Crippen LogP contribution in [0, 0.1) is 0 Å². The van der Waals surface area contributed by atoms with Gasteiger partial charge in [-0.3, -0.25) is 4.79 Å². The lowest BCUT2D eigenvalue weighted by Gasteiger charge is -2.05. The summed E-state index contributed by atoms with van der Waals surface area (Å²) in [6.45, 7) is 3.78. The number of nitrogen functional groups attached to an aromatic ring is 1. The Labute approximate surface area is 94.2 Å². The fourth-order valence-electron chi connectivity index (χ4n) is 1.13. The fourth-order valence-corrected chi connectivity index (χ4v) is 1.13. The number of carbonyl (C=O) groups excluding carboxylic acids is 1. The highest BCUT2D eigenvalue weighted by molar-refractivity contribution is 5.96. The van der Waals surface area contributed by atoms with Crippen LogP contribution >= 0.6 is 0 Å². The first-order chi connectivity index (χ1) is 7.75. The first-order valence-corrected chi connectivity index (χ1v) is 5.18. The molecule has 1 rings (SSSR count). The zero-order chi connectivity index (χ0) is 11.8. The Morgan fingerprint density at radius 3 is 2.94 bits per heavy atom. The van der Waals surface area contributed by atoms with E-state index in [4.69, 9.17) is 10.5 Å². The van der Waals surface area contributed by atoms with Crippen LogP contribution in [0.2, 0.25) is 0 Å². The van der Waals surface area contributed by atoms with E-state index in [9.17, 15) is 4.79 Å². The van der Waals surface area contributed by atoms with Crippen molar-refractivity contribution in [2.24, 2.45) is 0 Å². The van der Waals surface area contributed by atoms with E-state index in [0.717, 1.165) is 6.42 Å². The molecule has 6 heteroatoms. The third kappa shape index (κ3) is 3.82. The molecule has 0 atom stereocenters. The molecule has 6 nitrogen and oxygen atoms in total. The number of anilines is 1. The van der Waals surface area contributed by atoms with Gasteiger partial charge < -0.3 is 15.8 Å². The number of carbonyl (C=O) groups is 1. The number of rotatable bonds is 6. The van der Waals surface area contributed by atoms with Crippen LogP contribution in [0.3, 0.4) is 0 Å². The number of hydrogen-bond donors (Lipinski definition) is 2. The van der Waals surface area contributed by atoms with Gasteiger partial charge in [-0.25, -0.2) is 9.97 Å². The van der Waals surface area contributed by atoms with Gasteiger partial charge in [0.25, 0.3) is 5.91 Å². The second-order valence-corrected chi connectivity index (χ2v) is 3.10. The summed E-state index contributed by atoms with van der Waals surface area (Å²) in [6.07, 6.45) is 3.65. The quantitative estimate of drug-likeness (QED) is 0.674. The zero-order valence-corrected chi connectivity index (χ0v) is 9.27. The smallest absolute Gasteiger partial charge is 0.273 e. The Morgan fingerprint density at radius 1 is 1.50 bits per heavy atom. The molecule has 0 aliphatic rings. The third-order valence-electron chi connectivity index (χ3n) is 1.90. The molecule has 16 heavy (non-hydrogen) atoms. The lowest BCUT2D eigenvalue weighted by molar-refractivity contribution is 0.0940. The van der Waals surface area contributed by atoms with Gasteiger partial charge in [-0.1, -0.05) is 0 Å². The van der Waals surface area contributed by atoms with Gasteiger partial charge in [0, 0.05) is 32.2 Å². The average Bonchev–Trinajstić information content (AvgIpc) is 2.29. The number of aromatic nitrogens is 2. The van der Waals surface area contributed by atoms with E-state index in [1.165, 1.54) is 12.4 Å². The molecule has 1 heterocycles. The second kappa shape index (κ2) is 6.73. The van der Waals surface area contributed by atoms with Gasteiger partial charge in [0.15, 0.2) is 11.5 Å². The maximum Gasteiger partial charge on any atom is 0.273 e. The molecule has 0 saturated heterocycles. The largest absolute Gasteiger partial charge is 0.382 e. The van der Waals surface area contributed by atoms with Crippen LogP contribution in [-0.2, 0) is 4.74 Å². The van der Waals surface area contributed by atoms with Crippen molar-refractivity contribution in [3.05, 3.63) is 18.1 Å². The van der Waals surface area contributed by atoms with Crippen molar-refractivity contribution < 1.29 is 9.53 Å². The molecule has 0 aromatic carbocycles. The van der Waals surface area contributed by atoms with Crippen molar-refractivity contribution in [1.29, 1.82) is 0 Å². The maximum absolute atomic E-state index is 11.6. The SMILES string of the molecule is CCOCCCNC(=O)c1nccnc1N. The molecule has 0 unspecified atom stereocenters. The van der Waals surface area contributed by atoms with Crippen molar-refractivity contribution >= 4 is 11.7 Å². The number of ether oxygens (including phenoxy) is 1. The van der Waals surface area contributed by atoms with Crippen molar-refractivity contribution in [3.63, 3.8) is 0 Å². The molecule has 0 fully saturated rings. The Balaban J connectivity index is 2.33. The van der Waals surface area contributed by atoms with Gasteiger partial charge in [-0.05, 0) is 13.3 Å². The first kappa shape index (κ1) is 12.4. The topological polar surface area (TPSA) is 90.1 Å². The summed E-state index contributed by atoms with van der Waals surface area (Å²) in [5.41, 5.74) is 5.68. The molecule has 0 aliphatic carbocycles. The van der Waals surface area contributed by atoms with Gasteiger partial charge >= 0.3 is 0 Å². The van der Waals surface area contributed by atoms with Gasteiger partial charge in [0.1, 0.15) is 0 Å². The van der Waals surface area contributed by atoms with Crippen LogP contribution in [-0.4, -0.2) is 35.6 Å². The Bertz CT molecular complexity index is 343. The van der Waals surface area contributed by atoms with Gasteiger partial charge in [-0.2, -0.15) is 0 Å². The minimum Gasteiger partial charge on any atom is -0.382 e. The highest BCUT2D eigenvalue weighted by Crippen LogP contribution is 2.01. The minimum absolute atomic E-state index is 0.143. The average molecular weight is 224 g/mol. The number of nitrogens with zero attached hydrogens (tertiary/aromatic N) is 2. The molecule has 0 radical (unpaired) electrons. The van der Waals surface area contributed by atoms with Crippen LogP contribution in [0.5, 0.6) is 0 Å². The van der Waals surface area contributed by atoms with Crippen molar-refractivity contribution in [2.75, 3.05) is 25.5 Å². The third-order valence-corrected chi connectivity index (χ3v) is 1.90. The molecule has 1 aromatic heterocycles. The van der Waals surface area contributed by atoms with E-state index < -0.39 is 0 Å². The lowest BCUT2D eigenvalue weighted by atomic mass is 10.3. The van der Waals surface area contributed by atoms with E-state index in [1.54, 1.807) is 0 Å². The van der Waals surface area contributed by atoms with Gasteiger partial charge in [0.05, 0.1) is 0 Å². The summed E-state index contributed by atoms with van der Waals surface area (Å²) in [7, 11) is 0. The summed E-state index contributed by atoms with van der Waals surface area (Å²) in [5.74, 6) is -0.160. The van der Waals surface area contributed by atoms with E-state index in [1.807, 2.05) is 6.92 Å². The normalized spacial score (nSPS) is 10.1. The molecular weight excluding hydrogens is 208 g/mol. The van der Waals surface area contributed by atoms with Crippen LogP contribution in [0.1, 0.15) is 23.8 Å². The molecule has 88 valence electrons. The second-order valence-electron chi connectivity index (χ2n) is 3.10. The molecular formula is C10H16N4O2. The van der Waals surface area contributed by atoms with E-state index in [2.05, 4.69) is 15.3 Å². The van der Waals surface area contributed by atoms with E-state index in [0.29, 0.717) is 19.8 Å². The summed E-state index contributed by atoms with van der Waals surface area (Å²) in [5, 5.41) is 2.70. The highest BCUT2D eigenvalue weighted by atomic mass is 16.5. The van der Waals surface area contributed by atoms with Crippen LogP contribution in [0.25, 0.3) is 0 Å². The fraction of sp³-hybridized carbons (Fsp3) is 0.500. The Kier molecular flexibility index (Phi) is 5.21. The number of amides is 1. The lowest BCUT2D eigenvalue weighted by Crippen LogP contribution is -2.27. The van der Waals surface area contributed by atoms with Crippen molar-refractivity contribution in [2.45, 2.75) is 13.3 Å². The monoisotopic (exact) mass is 224 g/mol. The molecule has 0 saturated carbocycles. The molecule has 0 bridgehead atoms. The molecule has 3 N–H and O–H groups in total. The molecule has 1 aromatic rings. The predicted molar refractivity (Wildman–Crippen MR) is 59.9 cm³/mol. The van der Waals surface area contributed by atoms with Gasteiger partial charge in [0.2, 0.25) is 0 Å². The standard InChI is InChI=1S/C10H16N4O2/c1-2-16-7-3-4-14-10(15)8-9(11)13-6-5-12-8/h5-6H,2-4,7H2,1H3,(H2,11,13)(H,14,15). The van der Waals surface area contributed by atoms with Crippen molar-refractivity contribution in [3.8, 4) is 0 Å². The number of nitrogens with two attached hydrogens (primary N) is 1. The van der Waals surface area contributed by atoms with Crippen LogP contribution in [0.4, 0.5) is 5.82 Å². The van der Waals surface area contributed by atoms with Crippen LogP contribution < -0.4 is 11.1 Å². The predicted octanol–water partition coefficient (Wildman–Crippen LogP) is 0.215. The van der Waals surface area contributed by atoms with Crippen LogP contribution in [0.15, 0.2) is 12.4 Å². The molecule has 1 amide bonds. The zero-order valence-electron chi connectivity index (χ0n) is 9.27. The summed E-state index contributed by atoms with van der Waals surface area (Å²) in [4.78, 5) is 19.2. The number of nitrogens with one attached hydrogen (secondary N) is 1. The maximum atomic E-state index is 11.6. The summed E-state index contributed by atoms with van der Waals surface area (Å²) < 4.78 is 5.14. The van der Waals surface area contributed by atoms with E-state index in [-0.39, 0.29) is 17.4 Å². The first-order valence-electron chi connectivity index (χ1n) is 5.18. The Morgan fingerprint density at radius 2 is 2.25 bits per heavy atom. The van der Waals surface area contributed by atoms with Gasteiger partial charge in [-0.15, -0.1) is 0 Å². The molecule has 0 spiro atoms. The Hall–Kier alpha value is -1.69. The van der Waals surface area contributed by atoms with Crippen molar-refractivity contribution in [1.82, 2.24) is 15.3 Å². The van der Waals surface area contributed by atoms with E-state index >= 15 is 0 Å². The summed E-state index contributed by atoms with van der Waals surface area (Å²) >= 11 is 0.